The lowest BCUT2D eigenvalue weighted by molar-refractivity contribution is 0.756. The highest BCUT2D eigenvalue weighted by atomic mass is 79.9. The van der Waals surface area contributed by atoms with Crippen molar-refractivity contribution in [3.8, 4) is 0 Å². The number of benzene rings is 1. The highest BCUT2D eigenvalue weighted by molar-refractivity contribution is 9.10. The molecule has 0 aliphatic carbocycles. The number of pyridine rings is 1. The van der Waals surface area contributed by atoms with Crippen LogP contribution in [-0.2, 0) is 6.54 Å². The quantitative estimate of drug-likeness (QED) is 0.787. The van der Waals surface area contributed by atoms with Gasteiger partial charge in [0, 0.05) is 11.9 Å². The topological polar surface area (TPSA) is 22.0 Å². The lowest BCUT2D eigenvalue weighted by Gasteiger charge is -2.10. The van der Waals surface area contributed by atoms with Crippen LogP contribution in [0.4, 0.5) is 0 Å². The van der Waals surface area contributed by atoms with Crippen molar-refractivity contribution >= 4 is 38.4 Å². The Bertz CT molecular complexity index is 577. The van der Waals surface area contributed by atoms with Crippen LogP contribution in [0.3, 0.4) is 0 Å². The van der Waals surface area contributed by atoms with Gasteiger partial charge in [-0.2, -0.15) is 0 Å². The van der Waals surface area contributed by atoms with Gasteiger partial charge in [-0.1, -0.05) is 29.8 Å². The van der Waals surface area contributed by atoms with E-state index < -0.39 is 0 Å². The maximum absolute atomic E-state index is 11.9. The van der Waals surface area contributed by atoms with Crippen LogP contribution in [0.15, 0.2) is 33.5 Å². The molecule has 0 saturated heterocycles. The second kappa shape index (κ2) is 3.99. The van der Waals surface area contributed by atoms with Gasteiger partial charge in [0.1, 0.15) is 4.47 Å². The highest BCUT2D eigenvalue weighted by Crippen LogP contribution is 2.27. The summed E-state index contributed by atoms with van der Waals surface area (Å²) in [6, 6.07) is 7.62. The molecule has 0 bridgehead atoms. The zero-order valence-corrected chi connectivity index (χ0v) is 10.5. The summed E-state index contributed by atoms with van der Waals surface area (Å²) in [5.74, 6) is 0. The first-order valence-electron chi connectivity index (χ1n) is 4.63. The summed E-state index contributed by atoms with van der Waals surface area (Å²) in [6.45, 7) is 2.57. The van der Waals surface area contributed by atoms with Crippen LogP contribution >= 0.6 is 27.5 Å². The standard InChI is InChI=1S/C11H9BrClNO/c1-2-14-8-6-4-3-5-7(8)10(13)9(12)11(14)15/h3-6H,2H2,1H3. The average molecular weight is 287 g/mol. The van der Waals surface area contributed by atoms with Gasteiger partial charge in [-0.05, 0) is 28.9 Å². The molecule has 2 aromatic rings. The molecule has 0 atom stereocenters. The summed E-state index contributed by atoms with van der Waals surface area (Å²) in [5, 5.41) is 1.38. The second-order valence-electron chi connectivity index (χ2n) is 3.19. The maximum Gasteiger partial charge on any atom is 0.266 e. The van der Waals surface area contributed by atoms with Crippen molar-refractivity contribution in [3.05, 3.63) is 44.1 Å². The smallest absolute Gasteiger partial charge is 0.266 e. The van der Waals surface area contributed by atoms with Gasteiger partial charge in [0.05, 0.1) is 10.5 Å². The van der Waals surface area contributed by atoms with Crippen molar-refractivity contribution in [1.29, 1.82) is 0 Å². The van der Waals surface area contributed by atoms with Gasteiger partial charge in [-0.15, -0.1) is 0 Å². The van der Waals surface area contributed by atoms with Gasteiger partial charge < -0.3 is 4.57 Å². The molecule has 2 rings (SSSR count). The molecule has 0 unspecified atom stereocenters. The predicted octanol–water partition coefficient (Wildman–Crippen LogP) is 3.44. The third kappa shape index (κ3) is 1.60. The fourth-order valence-electron chi connectivity index (χ4n) is 1.65. The molecule has 4 heteroatoms. The number of hydrogen-bond donors (Lipinski definition) is 0. The molecule has 0 N–H and O–H groups in total. The molecular formula is C11H9BrClNO. The van der Waals surface area contributed by atoms with Crippen LogP contribution in [0.25, 0.3) is 10.9 Å². The van der Waals surface area contributed by atoms with E-state index in [1.807, 2.05) is 31.2 Å². The fraction of sp³-hybridized carbons (Fsp3) is 0.182. The number of para-hydroxylation sites is 1. The molecule has 0 fully saturated rings. The number of aromatic nitrogens is 1. The van der Waals surface area contributed by atoms with Gasteiger partial charge >= 0.3 is 0 Å². The minimum Gasteiger partial charge on any atom is -0.307 e. The van der Waals surface area contributed by atoms with Crippen molar-refractivity contribution in [2.45, 2.75) is 13.5 Å². The summed E-state index contributed by atoms with van der Waals surface area (Å²) in [6.07, 6.45) is 0. The van der Waals surface area contributed by atoms with Gasteiger partial charge in [-0.3, -0.25) is 4.79 Å². The van der Waals surface area contributed by atoms with Crippen LogP contribution in [0.1, 0.15) is 6.92 Å². The Kier molecular flexibility index (Phi) is 2.85. The van der Waals surface area contributed by atoms with E-state index in [1.54, 1.807) is 4.57 Å². The first kappa shape index (κ1) is 10.7. The van der Waals surface area contributed by atoms with Crippen molar-refractivity contribution in [1.82, 2.24) is 4.57 Å². The molecule has 0 saturated carbocycles. The first-order valence-corrected chi connectivity index (χ1v) is 5.80. The molecule has 2 nitrogen and oxygen atoms in total. The van der Waals surface area contributed by atoms with Gasteiger partial charge in [0.15, 0.2) is 0 Å². The van der Waals surface area contributed by atoms with E-state index in [9.17, 15) is 4.79 Å². The monoisotopic (exact) mass is 285 g/mol. The lowest BCUT2D eigenvalue weighted by Crippen LogP contribution is -2.20. The maximum atomic E-state index is 11.9. The summed E-state index contributed by atoms with van der Waals surface area (Å²) >= 11 is 9.33. The van der Waals surface area contributed by atoms with E-state index in [0.29, 0.717) is 16.0 Å². The molecule has 0 aliphatic rings. The first-order chi connectivity index (χ1) is 7.16. The fourth-order valence-corrected chi connectivity index (χ4v) is 2.32. The number of hydrogen-bond acceptors (Lipinski definition) is 1. The zero-order chi connectivity index (χ0) is 11.0. The van der Waals surface area contributed by atoms with Crippen molar-refractivity contribution in [2.75, 3.05) is 0 Å². The van der Waals surface area contributed by atoms with E-state index in [0.717, 1.165) is 10.9 Å². The summed E-state index contributed by atoms with van der Waals surface area (Å²) in [5.41, 5.74) is 0.791. The van der Waals surface area contributed by atoms with E-state index in [-0.39, 0.29) is 5.56 Å². The van der Waals surface area contributed by atoms with Crippen LogP contribution in [0.2, 0.25) is 5.02 Å². The predicted molar refractivity (Wildman–Crippen MR) is 66.6 cm³/mol. The molecule has 1 aromatic heterocycles. The largest absolute Gasteiger partial charge is 0.307 e. The Morgan fingerprint density at radius 1 is 1.40 bits per heavy atom. The van der Waals surface area contributed by atoms with Crippen LogP contribution in [0.5, 0.6) is 0 Å². The van der Waals surface area contributed by atoms with Crippen molar-refractivity contribution < 1.29 is 0 Å². The molecule has 0 spiro atoms. The van der Waals surface area contributed by atoms with Gasteiger partial charge in [0.2, 0.25) is 0 Å². The van der Waals surface area contributed by atoms with Gasteiger partial charge in [0.25, 0.3) is 5.56 Å². The number of nitrogens with zero attached hydrogens (tertiary/aromatic N) is 1. The van der Waals surface area contributed by atoms with Crippen LogP contribution in [0, 0.1) is 0 Å². The molecule has 78 valence electrons. The summed E-state index contributed by atoms with van der Waals surface area (Å²) < 4.78 is 2.13. The normalized spacial score (nSPS) is 10.9. The van der Waals surface area contributed by atoms with Crippen molar-refractivity contribution in [3.63, 3.8) is 0 Å². The SMILES string of the molecule is CCn1c(=O)c(Br)c(Cl)c2ccccc21. The van der Waals surface area contributed by atoms with E-state index in [1.165, 1.54) is 0 Å². The zero-order valence-electron chi connectivity index (χ0n) is 8.13. The molecule has 0 aliphatic heterocycles. The molecule has 1 heterocycles. The molecule has 15 heavy (non-hydrogen) atoms. The molecular weight excluding hydrogens is 277 g/mol. The van der Waals surface area contributed by atoms with E-state index >= 15 is 0 Å². The van der Waals surface area contributed by atoms with Gasteiger partial charge in [-0.25, -0.2) is 0 Å². The average Bonchev–Trinajstić information content (AvgIpc) is 2.27. The Labute approximate surface area is 101 Å². The Morgan fingerprint density at radius 3 is 2.73 bits per heavy atom. The lowest BCUT2D eigenvalue weighted by atomic mass is 10.2. The molecule has 0 amide bonds. The number of halogens is 2. The third-order valence-corrected chi connectivity index (χ3v) is 3.73. The van der Waals surface area contributed by atoms with Crippen molar-refractivity contribution in [2.24, 2.45) is 0 Å². The molecule has 0 radical (unpaired) electrons. The van der Waals surface area contributed by atoms with E-state index in [4.69, 9.17) is 11.6 Å². The minimum atomic E-state index is -0.0822. The van der Waals surface area contributed by atoms with Crippen LogP contribution in [-0.4, -0.2) is 4.57 Å². The Balaban J connectivity index is 3.05. The Morgan fingerprint density at radius 2 is 2.07 bits per heavy atom. The minimum absolute atomic E-state index is 0.0822. The van der Waals surface area contributed by atoms with Crippen LogP contribution < -0.4 is 5.56 Å². The molecule has 1 aromatic carbocycles. The summed E-state index contributed by atoms with van der Waals surface area (Å²) in [4.78, 5) is 11.9. The summed E-state index contributed by atoms with van der Waals surface area (Å²) in [7, 11) is 0. The van der Waals surface area contributed by atoms with E-state index in [2.05, 4.69) is 15.9 Å². The third-order valence-electron chi connectivity index (χ3n) is 2.37. The number of aryl methyl sites for hydroxylation is 1. The second-order valence-corrected chi connectivity index (χ2v) is 4.37. The Hall–Kier alpha value is -0.800. The number of rotatable bonds is 1. The highest BCUT2D eigenvalue weighted by Gasteiger charge is 2.11. The number of fused-ring (bicyclic) bond motifs is 1.